The lowest BCUT2D eigenvalue weighted by Gasteiger charge is -2.36. The summed E-state index contributed by atoms with van der Waals surface area (Å²) in [5, 5.41) is 2.74. The van der Waals surface area contributed by atoms with Crippen molar-refractivity contribution in [2.24, 2.45) is 5.92 Å². The first-order valence-corrected chi connectivity index (χ1v) is 14.4. The maximum atomic E-state index is 14.1. The van der Waals surface area contributed by atoms with Crippen LogP contribution in [0.1, 0.15) is 78.1 Å². The van der Waals surface area contributed by atoms with Crippen LogP contribution in [0.15, 0.2) is 18.2 Å². The molecule has 0 bridgehead atoms. The van der Waals surface area contributed by atoms with Crippen LogP contribution in [-0.4, -0.2) is 59.5 Å². The van der Waals surface area contributed by atoms with E-state index in [4.69, 9.17) is 0 Å². The van der Waals surface area contributed by atoms with Gasteiger partial charge >= 0.3 is 0 Å². The molecule has 1 saturated heterocycles. The molecule has 36 heavy (non-hydrogen) atoms. The third-order valence-corrected chi connectivity index (χ3v) is 8.07. The topological polar surface area (TPSA) is 124 Å². The highest BCUT2D eigenvalue weighted by atomic mass is 32.2. The standard InChI is InChI=1S/C25H38FN5O4S/c1-5-18-9-6-7-13-31(18)22(32)15-21(30-36(34,35)14-12-16(2)3)25(33)27-17(4)24-28-20-11-8-10-19(26)23(20)29-24/h8,10-11,16-18,21,30H,5-7,9,12-15H2,1-4H3,(H,27,33)(H,28,29)/t17-,18-,21-/m0/s1. The van der Waals surface area contributed by atoms with Gasteiger partial charge in [-0.05, 0) is 57.1 Å². The highest BCUT2D eigenvalue weighted by Gasteiger charge is 2.33. The number of hydrogen-bond donors (Lipinski definition) is 3. The van der Waals surface area contributed by atoms with Gasteiger partial charge in [-0.25, -0.2) is 22.5 Å². The molecule has 0 saturated carbocycles. The molecule has 2 aromatic rings. The number of nitrogens with zero attached hydrogens (tertiary/aromatic N) is 2. The van der Waals surface area contributed by atoms with Crippen molar-refractivity contribution in [3.05, 3.63) is 29.8 Å². The van der Waals surface area contributed by atoms with E-state index in [1.54, 1.807) is 24.0 Å². The third kappa shape index (κ3) is 7.25. The van der Waals surface area contributed by atoms with Crippen LogP contribution in [0.3, 0.4) is 0 Å². The van der Waals surface area contributed by atoms with Crippen LogP contribution in [0.5, 0.6) is 0 Å². The number of aromatic nitrogens is 2. The molecule has 3 N–H and O–H groups in total. The summed E-state index contributed by atoms with van der Waals surface area (Å²) in [6, 6.07) is 2.69. The molecule has 11 heteroatoms. The zero-order chi connectivity index (χ0) is 26.5. The highest BCUT2D eigenvalue weighted by molar-refractivity contribution is 7.89. The zero-order valence-corrected chi connectivity index (χ0v) is 22.3. The smallest absolute Gasteiger partial charge is 0.239 e. The lowest BCUT2D eigenvalue weighted by atomic mass is 9.99. The molecular weight excluding hydrogens is 485 g/mol. The van der Waals surface area contributed by atoms with Crippen LogP contribution in [0.4, 0.5) is 4.39 Å². The van der Waals surface area contributed by atoms with E-state index < -0.39 is 33.8 Å². The SMILES string of the molecule is CC[C@H]1CCCCN1C(=O)C[C@H](NS(=O)(=O)CCC(C)C)C(=O)N[C@@H](C)c1nc2c(F)cccc2[nH]1. The molecule has 1 aliphatic heterocycles. The second-order valence-electron chi connectivity index (χ2n) is 10.0. The van der Waals surface area contributed by atoms with Crippen molar-refractivity contribution in [3.8, 4) is 0 Å². The average Bonchev–Trinajstić information content (AvgIpc) is 3.28. The Morgan fingerprint density at radius 3 is 2.67 bits per heavy atom. The second-order valence-corrected chi connectivity index (χ2v) is 11.9. The number of hydrogen-bond acceptors (Lipinski definition) is 5. The van der Waals surface area contributed by atoms with Gasteiger partial charge in [0.1, 0.15) is 17.4 Å². The zero-order valence-electron chi connectivity index (χ0n) is 21.5. The second kappa shape index (κ2) is 12.1. The summed E-state index contributed by atoms with van der Waals surface area (Å²) >= 11 is 0. The van der Waals surface area contributed by atoms with Crippen molar-refractivity contribution in [2.45, 2.75) is 84.3 Å². The van der Waals surface area contributed by atoms with Crippen LogP contribution in [0, 0.1) is 11.7 Å². The van der Waals surface area contributed by atoms with Gasteiger partial charge < -0.3 is 15.2 Å². The van der Waals surface area contributed by atoms with E-state index in [1.807, 2.05) is 20.8 Å². The van der Waals surface area contributed by atoms with Crippen LogP contribution < -0.4 is 10.0 Å². The number of carbonyl (C=O) groups excluding carboxylic acids is 2. The Hall–Kier alpha value is -2.53. The van der Waals surface area contributed by atoms with Crippen molar-refractivity contribution in [1.82, 2.24) is 24.9 Å². The van der Waals surface area contributed by atoms with Gasteiger partial charge in [0.2, 0.25) is 21.8 Å². The van der Waals surface area contributed by atoms with E-state index in [0.29, 0.717) is 24.3 Å². The van der Waals surface area contributed by atoms with Crippen molar-refractivity contribution >= 4 is 32.9 Å². The van der Waals surface area contributed by atoms with E-state index in [0.717, 1.165) is 25.7 Å². The average molecular weight is 524 g/mol. The van der Waals surface area contributed by atoms with E-state index in [-0.39, 0.29) is 35.6 Å². The lowest BCUT2D eigenvalue weighted by Crippen LogP contribution is -2.52. The molecule has 1 aromatic heterocycles. The summed E-state index contributed by atoms with van der Waals surface area (Å²) in [5.41, 5.74) is 0.647. The fourth-order valence-electron chi connectivity index (χ4n) is 4.50. The Morgan fingerprint density at radius 1 is 1.25 bits per heavy atom. The predicted molar refractivity (Wildman–Crippen MR) is 137 cm³/mol. The first kappa shape index (κ1) is 28.0. The van der Waals surface area contributed by atoms with Gasteiger partial charge in [-0.2, -0.15) is 0 Å². The van der Waals surface area contributed by atoms with Crippen molar-refractivity contribution < 1.29 is 22.4 Å². The van der Waals surface area contributed by atoms with Gasteiger partial charge in [-0.15, -0.1) is 0 Å². The van der Waals surface area contributed by atoms with Gasteiger partial charge in [0.15, 0.2) is 5.82 Å². The molecule has 1 aromatic carbocycles. The molecule has 2 amide bonds. The number of fused-ring (bicyclic) bond motifs is 1. The first-order chi connectivity index (χ1) is 17.0. The number of para-hydroxylation sites is 1. The Bertz CT molecular complexity index is 1170. The molecule has 9 nitrogen and oxygen atoms in total. The number of imidazole rings is 1. The van der Waals surface area contributed by atoms with E-state index in [9.17, 15) is 22.4 Å². The minimum atomic E-state index is -3.80. The van der Waals surface area contributed by atoms with Gasteiger partial charge in [-0.1, -0.05) is 26.8 Å². The van der Waals surface area contributed by atoms with Gasteiger partial charge in [0.05, 0.1) is 23.7 Å². The number of amides is 2. The highest BCUT2D eigenvalue weighted by Crippen LogP contribution is 2.22. The van der Waals surface area contributed by atoms with Crippen LogP contribution in [-0.2, 0) is 19.6 Å². The third-order valence-electron chi connectivity index (χ3n) is 6.65. The number of aromatic amines is 1. The molecule has 0 aliphatic carbocycles. The summed E-state index contributed by atoms with van der Waals surface area (Å²) in [4.78, 5) is 35.5. The van der Waals surface area contributed by atoms with Gasteiger partial charge in [0.25, 0.3) is 0 Å². The first-order valence-electron chi connectivity index (χ1n) is 12.7. The fraction of sp³-hybridized carbons (Fsp3) is 0.640. The number of sulfonamides is 1. The number of H-pyrrole nitrogens is 1. The van der Waals surface area contributed by atoms with Crippen LogP contribution in [0.25, 0.3) is 11.0 Å². The van der Waals surface area contributed by atoms with Crippen molar-refractivity contribution in [1.29, 1.82) is 0 Å². The number of benzene rings is 1. The predicted octanol–water partition coefficient (Wildman–Crippen LogP) is 3.39. The summed E-state index contributed by atoms with van der Waals surface area (Å²) < 4.78 is 42.1. The van der Waals surface area contributed by atoms with E-state index >= 15 is 0 Å². The molecule has 1 aliphatic rings. The summed E-state index contributed by atoms with van der Waals surface area (Å²) in [6.07, 6.45) is 3.80. The molecule has 2 heterocycles. The number of likely N-dealkylation sites (tertiary alicyclic amines) is 1. The molecule has 200 valence electrons. The number of rotatable bonds is 11. The number of carbonyl (C=O) groups is 2. The Labute approximate surface area is 212 Å². The quantitative estimate of drug-likeness (QED) is 0.416. The normalized spacial score (nSPS) is 18.4. The van der Waals surface area contributed by atoms with E-state index in [2.05, 4.69) is 20.0 Å². The fourth-order valence-corrected chi connectivity index (χ4v) is 6.03. The molecule has 3 atom stereocenters. The lowest BCUT2D eigenvalue weighted by molar-refractivity contribution is -0.137. The van der Waals surface area contributed by atoms with Gasteiger partial charge in [0, 0.05) is 12.6 Å². The van der Waals surface area contributed by atoms with E-state index in [1.165, 1.54) is 6.07 Å². The van der Waals surface area contributed by atoms with Crippen molar-refractivity contribution in [2.75, 3.05) is 12.3 Å². The summed E-state index contributed by atoms with van der Waals surface area (Å²) in [5.74, 6) is -0.993. The molecule has 1 fully saturated rings. The molecule has 3 rings (SSSR count). The Balaban J connectivity index is 1.78. The Morgan fingerprint density at radius 2 is 2.00 bits per heavy atom. The minimum absolute atomic E-state index is 0.0943. The van der Waals surface area contributed by atoms with Crippen LogP contribution in [0.2, 0.25) is 0 Å². The maximum absolute atomic E-state index is 14.1. The maximum Gasteiger partial charge on any atom is 0.239 e. The van der Waals surface area contributed by atoms with Gasteiger partial charge in [-0.3, -0.25) is 9.59 Å². The number of nitrogens with one attached hydrogen (secondary N) is 3. The monoisotopic (exact) mass is 523 g/mol. The molecular formula is C25H38FN5O4S. The van der Waals surface area contributed by atoms with Crippen molar-refractivity contribution in [3.63, 3.8) is 0 Å². The number of halogens is 1. The molecule has 0 spiro atoms. The minimum Gasteiger partial charge on any atom is -0.345 e. The number of piperidine rings is 1. The van der Waals surface area contributed by atoms with Crippen LogP contribution >= 0.6 is 0 Å². The molecule has 0 radical (unpaired) electrons. The largest absolute Gasteiger partial charge is 0.345 e. The molecule has 0 unspecified atom stereocenters. The summed E-state index contributed by atoms with van der Waals surface area (Å²) in [6.45, 7) is 8.13. The Kier molecular flexibility index (Phi) is 9.46. The summed E-state index contributed by atoms with van der Waals surface area (Å²) in [7, 11) is -3.80.